The first-order valence-corrected chi connectivity index (χ1v) is 6.47. The van der Waals surface area contributed by atoms with Crippen LogP contribution in [0, 0.1) is 11.8 Å². The van der Waals surface area contributed by atoms with Crippen LogP contribution in [0.4, 0.5) is 0 Å². The van der Waals surface area contributed by atoms with E-state index in [-0.39, 0.29) is 17.7 Å². The van der Waals surface area contributed by atoms with E-state index in [1.807, 2.05) is 13.8 Å². The van der Waals surface area contributed by atoms with Crippen LogP contribution in [0.5, 0.6) is 0 Å². The van der Waals surface area contributed by atoms with Gasteiger partial charge in [0, 0.05) is 0 Å². The molecule has 0 aliphatic carbocycles. The van der Waals surface area contributed by atoms with Crippen molar-refractivity contribution in [2.75, 3.05) is 13.7 Å². The smallest absolute Gasteiger partial charge is 0.332 e. The number of aliphatic hydroxyl groups excluding tert-OH is 1. The highest BCUT2D eigenvalue weighted by atomic mass is 32.1. The average Bonchev–Trinajstić information content (AvgIpc) is 2.69. The van der Waals surface area contributed by atoms with Crippen molar-refractivity contribution in [3.63, 3.8) is 0 Å². The van der Waals surface area contributed by atoms with E-state index in [1.54, 1.807) is 0 Å². The fourth-order valence-corrected chi connectivity index (χ4v) is 2.47. The molecule has 1 aliphatic rings. The van der Waals surface area contributed by atoms with Crippen molar-refractivity contribution in [1.82, 2.24) is 4.90 Å². The van der Waals surface area contributed by atoms with Gasteiger partial charge in [0.15, 0.2) is 6.04 Å². The first-order chi connectivity index (χ1) is 8.81. The Balaban J connectivity index is 3.00. The molecule has 1 saturated heterocycles. The summed E-state index contributed by atoms with van der Waals surface area (Å²) < 4.78 is 9.71. The summed E-state index contributed by atoms with van der Waals surface area (Å²) in [6.07, 6.45) is -0.839. The molecule has 7 heteroatoms. The van der Waals surface area contributed by atoms with Gasteiger partial charge in [0.1, 0.15) is 6.61 Å². The SMILES string of the molecule is COC(=O)[C@H]1COC(=S)N1C(=O)[C@@H](C(C)C)[C@@H](C)O. The largest absolute Gasteiger partial charge is 0.468 e. The van der Waals surface area contributed by atoms with Crippen LogP contribution >= 0.6 is 12.2 Å². The first kappa shape index (κ1) is 15.8. The number of nitrogens with zero attached hydrogens (tertiary/aromatic N) is 1. The Hall–Kier alpha value is -1.21. The number of carbonyl (C=O) groups excluding carboxylic acids is 2. The fraction of sp³-hybridized carbons (Fsp3) is 0.750. The number of amides is 1. The number of hydrogen-bond acceptors (Lipinski definition) is 6. The lowest BCUT2D eigenvalue weighted by Crippen LogP contribution is -2.49. The molecular weight excluding hydrogens is 270 g/mol. The number of carbonyl (C=O) groups is 2. The molecule has 1 aliphatic heterocycles. The van der Waals surface area contributed by atoms with Crippen molar-refractivity contribution in [2.45, 2.75) is 32.9 Å². The number of rotatable bonds is 4. The van der Waals surface area contributed by atoms with Crippen molar-refractivity contribution in [1.29, 1.82) is 0 Å². The summed E-state index contributed by atoms with van der Waals surface area (Å²) >= 11 is 4.95. The van der Waals surface area contributed by atoms with Gasteiger partial charge in [-0.1, -0.05) is 13.8 Å². The third-order valence-corrected chi connectivity index (χ3v) is 3.42. The minimum Gasteiger partial charge on any atom is -0.468 e. The molecule has 0 saturated carbocycles. The Bertz CT molecular complexity index is 374. The monoisotopic (exact) mass is 289 g/mol. The lowest BCUT2D eigenvalue weighted by atomic mass is 9.89. The Morgan fingerprint density at radius 3 is 2.47 bits per heavy atom. The van der Waals surface area contributed by atoms with E-state index in [0.29, 0.717) is 0 Å². The van der Waals surface area contributed by atoms with Crippen molar-refractivity contribution in [2.24, 2.45) is 11.8 Å². The maximum absolute atomic E-state index is 12.5. The number of hydrogen-bond donors (Lipinski definition) is 1. The Labute approximate surface area is 117 Å². The summed E-state index contributed by atoms with van der Waals surface area (Å²) in [5, 5.41) is 9.68. The molecule has 0 spiro atoms. The van der Waals surface area contributed by atoms with Crippen LogP contribution in [-0.4, -0.2) is 52.9 Å². The van der Waals surface area contributed by atoms with Gasteiger partial charge in [-0.15, -0.1) is 0 Å². The Morgan fingerprint density at radius 2 is 2.05 bits per heavy atom. The molecule has 0 aromatic carbocycles. The van der Waals surface area contributed by atoms with Gasteiger partial charge >= 0.3 is 5.97 Å². The lowest BCUT2D eigenvalue weighted by Gasteiger charge is -2.28. The standard InChI is InChI=1S/C12H19NO5S/c1-6(2)9(7(3)14)10(15)13-8(11(16)17-4)5-18-12(13)19/h6-9,14H,5H2,1-4H3/t7-,8-,9+/m1/s1. The van der Waals surface area contributed by atoms with E-state index in [1.165, 1.54) is 14.0 Å². The van der Waals surface area contributed by atoms with Crippen LogP contribution in [0.2, 0.25) is 0 Å². The molecule has 3 atom stereocenters. The van der Waals surface area contributed by atoms with Gasteiger partial charge in [-0.2, -0.15) is 0 Å². The van der Waals surface area contributed by atoms with E-state index in [4.69, 9.17) is 17.0 Å². The van der Waals surface area contributed by atoms with E-state index in [2.05, 4.69) is 4.74 Å². The van der Waals surface area contributed by atoms with Crippen LogP contribution < -0.4 is 0 Å². The van der Waals surface area contributed by atoms with Crippen LogP contribution in [0.1, 0.15) is 20.8 Å². The van der Waals surface area contributed by atoms with Gasteiger partial charge in [0.25, 0.3) is 5.17 Å². The van der Waals surface area contributed by atoms with Gasteiger partial charge in [0.2, 0.25) is 5.91 Å². The topological polar surface area (TPSA) is 76.1 Å². The maximum atomic E-state index is 12.5. The molecule has 6 nitrogen and oxygen atoms in total. The van der Waals surface area contributed by atoms with Crippen LogP contribution in [0.15, 0.2) is 0 Å². The molecule has 19 heavy (non-hydrogen) atoms. The Kier molecular flexibility index (Phi) is 5.25. The van der Waals surface area contributed by atoms with Crippen molar-refractivity contribution in [3.05, 3.63) is 0 Å². The molecule has 108 valence electrons. The van der Waals surface area contributed by atoms with Gasteiger partial charge in [-0.3, -0.25) is 9.69 Å². The molecule has 0 radical (unpaired) electrons. The molecule has 1 amide bonds. The number of ether oxygens (including phenoxy) is 2. The second kappa shape index (κ2) is 6.29. The quantitative estimate of drug-likeness (QED) is 0.593. The normalized spacial score (nSPS) is 22.1. The van der Waals surface area contributed by atoms with Crippen LogP contribution in [0.25, 0.3) is 0 Å². The second-order valence-corrected chi connectivity index (χ2v) is 5.18. The minimum atomic E-state index is -0.870. The molecule has 1 rings (SSSR count). The summed E-state index contributed by atoms with van der Waals surface area (Å²) in [6, 6.07) is -0.870. The average molecular weight is 289 g/mol. The number of aliphatic hydroxyl groups is 1. The van der Waals surface area contributed by atoms with E-state index in [9.17, 15) is 14.7 Å². The highest BCUT2D eigenvalue weighted by molar-refractivity contribution is 7.80. The summed E-state index contributed by atoms with van der Waals surface area (Å²) in [5.74, 6) is -1.73. The van der Waals surface area contributed by atoms with Gasteiger partial charge < -0.3 is 14.6 Å². The fourth-order valence-electron chi connectivity index (χ4n) is 2.18. The minimum absolute atomic E-state index is 0.0120. The van der Waals surface area contributed by atoms with Gasteiger partial charge in [-0.25, -0.2) is 4.79 Å². The molecule has 0 bridgehead atoms. The Morgan fingerprint density at radius 1 is 1.47 bits per heavy atom. The van der Waals surface area contributed by atoms with Gasteiger partial charge in [0.05, 0.1) is 19.1 Å². The summed E-state index contributed by atoms with van der Waals surface area (Å²) in [5.41, 5.74) is 0. The number of thiocarbonyl (C=S) groups is 1. The molecule has 1 fully saturated rings. The van der Waals surface area contributed by atoms with Gasteiger partial charge in [-0.05, 0) is 25.1 Å². The third kappa shape index (κ3) is 3.22. The first-order valence-electron chi connectivity index (χ1n) is 6.07. The predicted molar refractivity (Wildman–Crippen MR) is 71.2 cm³/mol. The predicted octanol–water partition coefficient (Wildman–Crippen LogP) is 0.325. The van der Waals surface area contributed by atoms with E-state index >= 15 is 0 Å². The summed E-state index contributed by atoms with van der Waals surface area (Å²) in [4.78, 5) is 25.2. The summed E-state index contributed by atoms with van der Waals surface area (Å²) in [7, 11) is 1.24. The third-order valence-electron chi connectivity index (χ3n) is 3.11. The second-order valence-electron chi connectivity index (χ2n) is 4.83. The number of methoxy groups -OCH3 is 1. The molecule has 1 N–H and O–H groups in total. The molecule has 1 heterocycles. The van der Waals surface area contributed by atoms with Crippen LogP contribution in [-0.2, 0) is 19.1 Å². The van der Waals surface area contributed by atoms with Crippen LogP contribution in [0.3, 0.4) is 0 Å². The molecule has 0 aromatic rings. The zero-order valence-electron chi connectivity index (χ0n) is 11.5. The highest BCUT2D eigenvalue weighted by Crippen LogP contribution is 2.24. The molecular formula is C12H19NO5S. The van der Waals surface area contributed by atoms with Crippen molar-refractivity contribution >= 4 is 29.3 Å². The van der Waals surface area contributed by atoms with Crippen molar-refractivity contribution in [3.8, 4) is 0 Å². The highest BCUT2D eigenvalue weighted by Gasteiger charge is 2.44. The zero-order chi connectivity index (χ0) is 14.7. The number of esters is 1. The van der Waals surface area contributed by atoms with Crippen molar-refractivity contribution < 1.29 is 24.2 Å². The molecule has 0 aromatic heterocycles. The van der Waals surface area contributed by atoms with E-state index < -0.39 is 29.9 Å². The lowest BCUT2D eigenvalue weighted by molar-refractivity contribution is -0.151. The maximum Gasteiger partial charge on any atom is 0.332 e. The zero-order valence-corrected chi connectivity index (χ0v) is 12.3. The summed E-state index contributed by atoms with van der Waals surface area (Å²) in [6.45, 7) is 5.17. The van der Waals surface area contributed by atoms with E-state index in [0.717, 1.165) is 4.90 Å². The molecule has 0 unspecified atom stereocenters.